The maximum Gasteiger partial charge on any atom is 0.343 e. The second-order valence-corrected chi connectivity index (χ2v) is 22.2. The average Bonchev–Trinajstić information content (AvgIpc) is 3.76. The van der Waals surface area contributed by atoms with Gasteiger partial charge in [0, 0.05) is 33.0 Å². The molecule has 8 heterocycles. The number of esters is 2. The minimum Gasteiger partial charge on any atom is -0.508 e. The van der Waals surface area contributed by atoms with Gasteiger partial charge in [-0.25, -0.2) is 19.6 Å². The number of benzene rings is 2. The Morgan fingerprint density at radius 3 is 1.63 bits per heavy atom. The molecule has 6 aromatic rings. The first-order valence-corrected chi connectivity index (χ1v) is 23.3. The zero-order valence-corrected chi connectivity index (χ0v) is 34.2. The molecule has 0 radical (unpaired) electrons. The van der Waals surface area contributed by atoms with E-state index in [0.717, 1.165) is 39.4 Å². The highest BCUT2D eigenvalue weighted by Gasteiger charge is 2.46. The molecule has 0 saturated carbocycles. The van der Waals surface area contributed by atoms with Crippen LogP contribution in [0.3, 0.4) is 0 Å². The highest BCUT2D eigenvalue weighted by Crippen LogP contribution is 2.41. The Kier molecular flexibility index (Phi) is 9.64. The van der Waals surface area contributed by atoms with Crippen molar-refractivity contribution in [3.8, 4) is 34.3 Å². The molecular weight excluding hydrogens is 785 g/mol. The van der Waals surface area contributed by atoms with E-state index in [9.17, 15) is 34.5 Å². The number of carbonyl (C=O) groups is 2. The van der Waals surface area contributed by atoms with Crippen molar-refractivity contribution in [2.75, 3.05) is 6.23 Å². The van der Waals surface area contributed by atoms with E-state index in [-0.39, 0.29) is 50.4 Å². The molecule has 14 nitrogen and oxygen atoms in total. The first-order valence-electron chi connectivity index (χ1n) is 19.6. The Balaban J connectivity index is 0.000000166. The van der Waals surface area contributed by atoms with Crippen molar-refractivity contribution in [3.05, 3.63) is 115 Å². The number of hydrogen-bond donors (Lipinski definition) is 3. The predicted molar refractivity (Wildman–Crippen MR) is 226 cm³/mol. The van der Waals surface area contributed by atoms with E-state index in [4.69, 9.17) is 19.2 Å². The van der Waals surface area contributed by atoms with Crippen LogP contribution >= 0.6 is 0 Å². The van der Waals surface area contributed by atoms with Gasteiger partial charge in [-0.3, -0.25) is 9.59 Å². The van der Waals surface area contributed by atoms with Gasteiger partial charge in [-0.15, -0.1) is 0 Å². The molecule has 2 atom stereocenters. The van der Waals surface area contributed by atoms with Crippen LogP contribution in [-0.4, -0.2) is 60.7 Å². The molecule has 0 amide bonds. The van der Waals surface area contributed by atoms with E-state index in [2.05, 4.69) is 24.6 Å². The van der Waals surface area contributed by atoms with E-state index in [0.29, 0.717) is 63.6 Å². The molecule has 0 aliphatic carbocycles. The molecule has 0 fully saturated rings. The SMILES string of the molecule is C.CC[C@@]1(O)C(=O)OCc2c1cc1n(c2=O)Cc2cc3cc(O)ccc3nc2-1.CC[C@@]1(O)C(=O)OCc2c1cc1n(c2=O)Cc2cc3cc(OC[Si](C)(C)C)ccc3nc2-1. The third kappa shape index (κ3) is 6.30. The van der Waals surface area contributed by atoms with Crippen LogP contribution in [0.4, 0.5) is 0 Å². The molecule has 0 spiro atoms. The van der Waals surface area contributed by atoms with E-state index >= 15 is 0 Å². The summed E-state index contributed by atoms with van der Waals surface area (Å²) in [5, 5.41) is 33.2. The third-order valence-corrected chi connectivity index (χ3v) is 12.7. The van der Waals surface area contributed by atoms with Crippen molar-refractivity contribution >= 4 is 41.8 Å². The second kappa shape index (κ2) is 14.2. The van der Waals surface area contributed by atoms with Crippen molar-refractivity contribution in [1.29, 1.82) is 0 Å². The fourth-order valence-corrected chi connectivity index (χ4v) is 8.93. The molecule has 4 aliphatic rings. The minimum absolute atomic E-state index is 0. The summed E-state index contributed by atoms with van der Waals surface area (Å²) in [4.78, 5) is 60.2. The summed E-state index contributed by atoms with van der Waals surface area (Å²) in [5.41, 5.74) is 2.88. The van der Waals surface area contributed by atoms with Gasteiger partial charge in [0.1, 0.15) is 24.7 Å². The lowest BCUT2D eigenvalue weighted by atomic mass is 9.86. The zero-order valence-electron chi connectivity index (χ0n) is 33.2. The summed E-state index contributed by atoms with van der Waals surface area (Å²) in [6, 6.07) is 18.1. The Morgan fingerprint density at radius 1 is 0.700 bits per heavy atom. The fraction of sp³-hybridized carbons (Fsp3) is 0.333. The molecule has 0 saturated heterocycles. The number of pyridine rings is 4. The molecule has 0 unspecified atom stereocenters. The van der Waals surface area contributed by atoms with Gasteiger partial charge in [0.2, 0.25) is 0 Å². The third-order valence-electron chi connectivity index (χ3n) is 11.6. The summed E-state index contributed by atoms with van der Waals surface area (Å²) in [6.07, 6.45) is 0.976. The summed E-state index contributed by atoms with van der Waals surface area (Å²) in [6.45, 7) is 10.6. The molecule has 3 N–H and O–H groups in total. The predicted octanol–water partition coefficient (Wildman–Crippen LogP) is 5.76. The zero-order chi connectivity index (χ0) is 41.8. The highest BCUT2D eigenvalue weighted by atomic mass is 28.3. The molecule has 2 aromatic carbocycles. The van der Waals surface area contributed by atoms with Crippen LogP contribution < -0.4 is 15.9 Å². The largest absolute Gasteiger partial charge is 0.508 e. The lowest BCUT2D eigenvalue weighted by Gasteiger charge is -2.31. The fourth-order valence-electron chi connectivity index (χ4n) is 8.33. The van der Waals surface area contributed by atoms with Crippen molar-refractivity contribution in [3.63, 3.8) is 0 Å². The van der Waals surface area contributed by atoms with Gasteiger partial charge in [-0.05, 0) is 73.5 Å². The van der Waals surface area contributed by atoms with Gasteiger partial charge in [-0.2, -0.15) is 0 Å². The van der Waals surface area contributed by atoms with Gasteiger partial charge >= 0.3 is 11.9 Å². The Morgan fingerprint density at radius 2 is 1.17 bits per heavy atom. The van der Waals surface area contributed by atoms with Crippen LogP contribution in [0.15, 0.2) is 70.3 Å². The molecule has 0 bridgehead atoms. The molecule has 4 aromatic heterocycles. The Labute approximate surface area is 345 Å². The number of aromatic nitrogens is 4. The Bertz CT molecular complexity index is 2950. The van der Waals surface area contributed by atoms with Crippen LogP contribution in [0, 0.1) is 0 Å². The first kappa shape index (κ1) is 40.6. The van der Waals surface area contributed by atoms with E-state index < -0.39 is 31.2 Å². The number of rotatable bonds is 5. The summed E-state index contributed by atoms with van der Waals surface area (Å²) in [7, 11) is -1.34. The number of hydrogen-bond acceptors (Lipinski definition) is 12. The lowest BCUT2D eigenvalue weighted by Crippen LogP contribution is -2.44. The lowest BCUT2D eigenvalue weighted by molar-refractivity contribution is -0.172. The molecular formula is C45H46N4O10Si. The van der Waals surface area contributed by atoms with Crippen molar-refractivity contribution in [1.82, 2.24) is 19.1 Å². The first-order chi connectivity index (χ1) is 28.0. The van der Waals surface area contributed by atoms with Gasteiger partial charge in [0.05, 0.1) is 72.3 Å². The maximum atomic E-state index is 13.2. The summed E-state index contributed by atoms with van der Waals surface area (Å²) < 4.78 is 19.4. The van der Waals surface area contributed by atoms with Crippen LogP contribution in [0.5, 0.6) is 11.5 Å². The van der Waals surface area contributed by atoms with E-state index in [1.165, 1.54) is 0 Å². The van der Waals surface area contributed by atoms with Gasteiger partial charge < -0.3 is 38.7 Å². The number of cyclic esters (lactones) is 2. The molecule has 310 valence electrons. The smallest absolute Gasteiger partial charge is 0.343 e. The number of carbonyl (C=O) groups excluding carboxylic acids is 2. The van der Waals surface area contributed by atoms with Crippen LogP contribution in [0.25, 0.3) is 44.6 Å². The summed E-state index contributed by atoms with van der Waals surface area (Å²) in [5.74, 6) is -0.487. The highest BCUT2D eigenvalue weighted by molar-refractivity contribution is 6.76. The van der Waals surface area contributed by atoms with Crippen molar-refractivity contribution in [2.45, 2.75) is 91.3 Å². The monoisotopic (exact) mass is 830 g/mol. The molecule has 10 rings (SSSR count). The Hall–Kier alpha value is -6.16. The molecule has 60 heavy (non-hydrogen) atoms. The van der Waals surface area contributed by atoms with E-state index in [1.807, 2.05) is 30.3 Å². The van der Waals surface area contributed by atoms with Gasteiger partial charge in [0.25, 0.3) is 11.1 Å². The number of ether oxygens (including phenoxy) is 3. The molecule has 4 aliphatic heterocycles. The topological polar surface area (TPSA) is 192 Å². The summed E-state index contributed by atoms with van der Waals surface area (Å²) >= 11 is 0. The normalized spacial score (nSPS) is 19.4. The number of phenols is 1. The van der Waals surface area contributed by atoms with E-state index in [1.54, 1.807) is 53.3 Å². The van der Waals surface area contributed by atoms with Gasteiger partial charge in [0.15, 0.2) is 11.2 Å². The number of fused-ring (bicyclic) bond motifs is 10. The minimum atomic E-state index is -1.83. The van der Waals surface area contributed by atoms with Crippen LogP contribution in [0.1, 0.15) is 67.5 Å². The van der Waals surface area contributed by atoms with Crippen LogP contribution in [-0.2, 0) is 56.6 Å². The van der Waals surface area contributed by atoms with Crippen molar-refractivity contribution in [2.24, 2.45) is 0 Å². The average molecular weight is 831 g/mol. The van der Waals surface area contributed by atoms with Gasteiger partial charge in [-0.1, -0.05) is 40.9 Å². The quantitative estimate of drug-likeness (QED) is 0.141. The standard InChI is InChI=1S/C24H26N2O5Si.C20H16N2O5.CH4/c1-5-24(29)18-10-20-21-15(11-26(20)22(27)17(18)12-30-23(24)28)8-14-9-16(6-7-19(14)25-21)31-13-32(2,3)4;1-2-20(26)14-7-16-17-11(5-10-6-12(23)3-4-15(10)21-17)8-22(16)18(24)13(14)9-27-19(20)25;/h6-10,29H,5,11-13H2,1-4H3;3-7,23,26H,2,8-9H2,1H3;1H4/t24-;20-;/m00./s1. The maximum absolute atomic E-state index is 13.2. The second-order valence-electron chi connectivity index (χ2n) is 16.8. The number of phenolic OH excluding ortho intramolecular Hbond substituents is 1. The number of aliphatic hydroxyl groups is 2. The van der Waals surface area contributed by atoms with Crippen LogP contribution in [0.2, 0.25) is 19.6 Å². The molecule has 15 heteroatoms. The number of aromatic hydroxyl groups is 1. The number of nitrogens with zero attached hydrogens (tertiary/aromatic N) is 4. The van der Waals surface area contributed by atoms with Crippen molar-refractivity contribution < 1.29 is 39.1 Å².